The zero-order chi connectivity index (χ0) is 18.7. The van der Waals surface area contributed by atoms with Crippen LogP contribution >= 0.6 is 11.3 Å². The number of carbonyl (C=O) groups is 1. The molecule has 0 spiro atoms. The Bertz CT molecular complexity index is 786. The van der Waals surface area contributed by atoms with Crippen molar-refractivity contribution in [3.8, 4) is 6.07 Å². The van der Waals surface area contributed by atoms with E-state index in [-0.39, 0.29) is 18.5 Å². The summed E-state index contributed by atoms with van der Waals surface area (Å²) in [6.07, 6.45) is 4.75. The van der Waals surface area contributed by atoms with Crippen LogP contribution in [0.2, 0.25) is 0 Å². The van der Waals surface area contributed by atoms with Crippen LogP contribution < -0.4 is 0 Å². The molecule has 0 bridgehead atoms. The third-order valence-corrected chi connectivity index (χ3v) is 6.83. The molecule has 0 saturated heterocycles. The summed E-state index contributed by atoms with van der Waals surface area (Å²) < 4.78 is 1.16. The van der Waals surface area contributed by atoms with Crippen LogP contribution in [0.5, 0.6) is 0 Å². The first-order valence-corrected chi connectivity index (χ1v) is 10.0. The number of nitriles is 1. The number of nitrogens with zero attached hydrogens (tertiary/aromatic N) is 4. The Hall–Kier alpha value is -1.97. The Morgan fingerprint density at radius 2 is 2.00 bits per heavy atom. The van der Waals surface area contributed by atoms with E-state index in [1.807, 2.05) is 30.1 Å². The minimum absolute atomic E-state index is 0.00362. The monoisotopic (exact) mass is 370 g/mol. The molecule has 1 saturated carbocycles. The van der Waals surface area contributed by atoms with E-state index < -0.39 is 5.54 Å². The Labute approximate surface area is 159 Å². The average Bonchev–Trinajstić information content (AvgIpc) is 3.11. The van der Waals surface area contributed by atoms with Crippen LogP contribution in [-0.2, 0) is 4.79 Å². The van der Waals surface area contributed by atoms with E-state index in [0.29, 0.717) is 0 Å². The molecule has 5 nitrogen and oxygen atoms in total. The molecular formula is C20H26N4OS. The Morgan fingerprint density at radius 1 is 1.31 bits per heavy atom. The lowest BCUT2D eigenvalue weighted by atomic mass is 9.81. The predicted molar refractivity (Wildman–Crippen MR) is 105 cm³/mol. The van der Waals surface area contributed by atoms with Crippen LogP contribution in [0.25, 0.3) is 10.2 Å². The van der Waals surface area contributed by atoms with Gasteiger partial charge in [0.2, 0.25) is 5.91 Å². The maximum absolute atomic E-state index is 12.8. The van der Waals surface area contributed by atoms with E-state index >= 15 is 0 Å². The fourth-order valence-electron chi connectivity index (χ4n) is 3.61. The second-order valence-corrected chi connectivity index (χ2v) is 8.33. The Morgan fingerprint density at radius 3 is 2.65 bits per heavy atom. The third kappa shape index (κ3) is 3.60. The summed E-state index contributed by atoms with van der Waals surface area (Å²) in [4.78, 5) is 21.3. The van der Waals surface area contributed by atoms with Crippen molar-refractivity contribution in [1.29, 1.82) is 5.26 Å². The minimum atomic E-state index is -0.630. The van der Waals surface area contributed by atoms with Crippen LogP contribution in [0, 0.1) is 11.3 Å². The van der Waals surface area contributed by atoms with Crippen molar-refractivity contribution >= 4 is 27.5 Å². The fourth-order valence-corrected chi connectivity index (χ4v) is 4.70. The summed E-state index contributed by atoms with van der Waals surface area (Å²) in [7, 11) is 3.73. The number of carbonyl (C=O) groups excluding carboxylic acids is 1. The Kier molecular flexibility index (Phi) is 5.59. The molecule has 6 heteroatoms. The van der Waals surface area contributed by atoms with Gasteiger partial charge in [0.05, 0.1) is 28.9 Å². The van der Waals surface area contributed by atoms with Gasteiger partial charge in [-0.2, -0.15) is 5.26 Å². The number of aromatic nitrogens is 1. The van der Waals surface area contributed by atoms with Gasteiger partial charge >= 0.3 is 0 Å². The van der Waals surface area contributed by atoms with E-state index in [1.54, 1.807) is 23.3 Å². The van der Waals surface area contributed by atoms with E-state index in [9.17, 15) is 10.1 Å². The zero-order valence-corrected chi connectivity index (χ0v) is 16.6. The molecule has 3 rings (SSSR count). The molecule has 1 aromatic heterocycles. The first-order chi connectivity index (χ1) is 12.5. The summed E-state index contributed by atoms with van der Waals surface area (Å²) in [6.45, 7) is 2.36. The number of hydrogen-bond donors (Lipinski definition) is 0. The molecule has 1 atom stereocenters. The minimum Gasteiger partial charge on any atom is -0.326 e. The molecule has 1 aliphatic carbocycles. The number of amides is 1. The van der Waals surface area contributed by atoms with Gasteiger partial charge in [-0.25, -0.2) is 4.98 Å². The molecule has 1 aromatic carbocycles. The number of thiazole rings is 1. The molecule has 1 amide bonds. The van der Waals surface area contributed by atoms with Gasteiger partial charge in [0, 0.05) is 7.05 Å². The van der Waals surface area contributed by atoms with Gasteiger partial charge in [-0.1, -0.05) is 31.4 Å². The summed E-state index contributed by atoms with van der Waals surface area (Å²) >= 11 is 1.67. The molecule has 1 unspecified atom stereocenters. The van der Waals surface area contributed by atoms with Gasteiger partial charge in [0.25, 0.3) is 0 Å². The highest BCUT2D eigenvalue weighted by molar-refractivity contribution is 7.18. The fraction of sp³-hybridized carbons (Fsp3) is 0.550. The summed E-state index contributed by atoms with van der Waals surface area (Å²) in [5, 5.41) is 10.7. The summed E-state index contributed by atoms with van der Waals surface area (Å²) in [6, 6.07) is 10.6. The standard InChI is InChI=1S/C20H26N4OS/c1-15(19-22-16-9-5-6-10-17(16)26-19)23(2)13-18(25)24(3)20(14-21)11-7-4-8-12-20/h5-6,9-10,15H,4,7-8,11-13H2,1-3H3. The molecular weight excluding hydrogens is 344 g/mol. The smallest absolute Gasteiger partial charge is 0.237 e. The average molecular weight is 371 g/mol. The molecule has 2 aromatic rings. The van der Waals surface area contributed by atoms with Gasteiger partial charge in [0.1, 0.15) is 10.5 Å². The van der Waals surface area contributed by atoms with Gasteiger partial charge in [0.15, 0.2) is 0 Å². The number of likely N-dealkylation sites (N-methyl/N-ethyl adjacent to an activating group) is 2. The normalized spacial score (nSPS) is 17.8. The number of fused-ring (bicyclic) bond motifs is 1. The number of rotatable bonds is 5. The van der Waals surface area contributed by atoms with Crippen molar-refractivity contribution in [3.63, 3.8) is 0 Å². The van der Waals surface area contributed by atoms with Crippen LogP contribution in [-0.4, -0.2) is 46.9 Å². The van der Waals surface area contributed by atoms with E-state index in [0.717, 1.165) is 47.3 Å². The van der Waals surface area contributed by atoms with E-state index in [2.05, 4.69) is 19.1 Å². The quantitative estimate of drug-likeness (QED) is 0.799. The van der Waals surface area contributed by atoms with Crippen LogP contribution in [0.1, 0.15) is 50.1 Å². The maximum Gasteiger partial charge on any atom is 0.237 e. The first kappa shape index (κ1) is 18.8. The number of hydrogen-bond acceptors (Lipinski definition) is 5. The maximum atomic E-state index is 12.8. The first-order valence-electron chi connectivity index (χ1n) is 9.20. The molecule has 0 aliphatic heterocycles. The summed E-state index contributed by atoms with van der Waals surface area (Å²) in [5.41, 5.74) is 0.372. The highest BCUT2D eigenvalue weighted by Crippen LogP contribution is 2.33. The van der Waals surface area contributed by atoms with Crippen LogP contribution in [0.15, 0.2) is 24.3 Å². The second kappa shape index (κ2) is 7.73. The molecule has 0 radical (unpaired) electrons. The van der Waals surface area contributed by atoms with E-state index in [4.69, 9.17) is 4.98 Å². The predicted octanol–water partition coefficient (Wildman–Crippen LogP) is 3.97. The lowest BCUT2D eigenvalue weighted by molar-refractivity contribution is -0.136. The SMILES string of the molecule is CC(c1nc2ccccc2s1)N(C)CC(=O)N(C)C1(C#N)CCCCC1. The third-order valence-electron chi connectivity index (χ3n) is 5.62. The molecule has 26 heavy (non-hydrogen) atoms. The van der Waals surface area contributed by atoms with Gasteiger partial charge in [-0.15, -0.1) is 11.3 Å². The lowest BCUT2D eigenvalue weighted by Crippen LogP contribution is -2.52. The largest absolute Gasteiger partial charge is 0.326 e. The second-order valence-electron chi connectivity index (χ2n) is 7.27. The highest BCUT2D eigenvalue weighted by Gasteiger charge is 2.39. The van der Waals surface area contributed by atoms with Gasteiger partial charge in [-0.3, -0.25) is 9.69 Å². The van der Waals surface area contributed by atoms with Crippen LogP contribution in [0.3, 0.4) is 0 Å². The van der Waals surface area contributed by atoms with Gasteiger partial charge in [-0.05, 0) is 38.9 Å². The number of benzene rings is 1. The van der Waals surface area contributed by atoms with E-state index in [1.165, 1.54) is 0 Å². The van der Waals surface area contributed by atoms with Gasteiger partial charge < -0.3 is 4.90 Å². The summed E-state index contributed by atoms with van der Waals surface area (Å²) in [5.74, 6) is 0.00362. The van der Waals surface area contributed by atoms with Crippen molar-refractivity contribution < 1.29 is 4.79 Å². The zero-order valence-electron chi connectivity index (χ0n) is 15.7. The van der Waals surface area contributed by atoms with Crippen molar-refractivity contribution in [2.24, 2.45) is 0 Å². The molecule has 0 N–H and O–H groups in total. The lowest BCUT2D eigenvalue weighted by Gasteiger charge is -2.40. The highest BCUT2D eigenvalue weighted by atomic mass is 32.1. The van der Waals surface area contributed by atoms with Crippen molar-refractivity contribution in [2.45, 2.75) is 50.6 Å². The van der Waals surface area contributed by atoms with Crippen molar-refractivity contribution in [1.82, 2.24) is 14.8 Å². The Balaban J connectivity index is 1.69. The molecule has 1 heterocycles. The topological polar surface area (TPSA) is 60.2 Å². The molecule has 1 fully saturated rings. The molecule has 138 valence electrons. The van der Waals surface area contributed by atoms with Crippen LogP contribution in [0.4, 0.5) is 0 Å². The number of para-hydroxylation sites is 1. The van der Waals surface area contributed by atoms with Crippen molar-refractivity contribution in [2.75, 3.05) is 20.6 Å². The van der Waals surface area contributed by atoms with Crippen molar-refractivity contribution in [3.05, 3.63) is 29.3 Å². The molecule has 1 aliphatic rings.